The van der Waals surface area contributed by atoms with E-state index in [2.05, 4.69) is 10.1 Å². The SMILES string of the molecule is O/N=C(/c1ccnc(Oc2ccc(Cl)cc2)c1)N1CC=CC1. The second-order valence-corrected chi connectivity index (χ2v) is 5.18. The Balaban J connectivity index is 1.81. The molecule has 0 saturated carbocycles. The molecule has 112 valence electrons. The zero-order chi connectivity index (χ0) is 15.4. The highest BCUT2D eigenvalue weighted by molar-refractivity contribution is 6.30. The van der Waals surface area contributed by atoms with Crippen LogP contribution >= 0.6 is 11.6 Å². The molecule has 0 spiro atoms. The number of aromatic nitrogens is 1. The van der Waals surface area contributed by atoms with E-state index in [1.165, 1.54) is 0 Å². The van der Waals surface area contributed by atoms with Gasteiger partial charge in [0.2, 0.25) is 5.88 Å². The number of amidine groups is 1. The molecule has 1 aromatic carbocycles. The minimum absolute atomic E-state index is 0.424. The van der Waals surface area contributed by atoms with E-state index in [-0.39, 0.29) is 0 Å². The highest BCUT2D eigenvalue weighted by Gasteiger charge is 2.16. The fraction of sp³-hybridized carbons (Fsp3) is 0.125. The molecule has 1 aliphatic heterocycles. The average Bonchev–Trinajstić information content (AvgIpc) is 3.05. The Morgan fingerprint density at radius 3 is 2.59 bits per heavy atom. The van der Waals surface area contributed by atoms with E-state index in [0.29, 0.717) is 22.5 Å². The molecule has 0 saturated heterocycles. The van der Waals surface area contributed by atoms with Gasteiger partial charge >= 0.3 is 0 Å². The minimum Gasteiger partial charge on any atom is -0.439 e. The monoisotopic (exact) mass is 315 g/mol. The molecule has 3 rings (SSSR count). The number of nitrogens with zero attached hydrogens (tertiary/aromatic N) is 3. The lowest BCUT2D eigenvalue weighted by Crippen LogP contribution is -2.29. The van der Waals surface area contributed by atoms with Crippen LogP contribution in [0.4, 0.5) is 0 Å². The number of hydrogen-bond acceptors (Lipinski definition) is 4. The summed E-state index contributed by atoms with van der Waals surface area (Å²) >= 11 is 5.85. The molecule has 6 heteroatoms. The van der Waals surface area contributed by atoms with E-state index in [9.17, 15) is 5.21 Å². The molecule has 0 bridgehead atoms. The van der Waals surface area contributed by atoms with Crippen LogP contribution in [0, 0.1) is 0 Å². The van der Waals surface area contributed by atoms with Gasteiger partial charge in [0, 0.05) is 35.9 Å². The van der Waals surface area contributed by atoms with Crippen LogP contribution in [0.5, 0.6) is 11.6 Å². The summed E-state index contributed by atoms with van der Waals surface area (Å²) in [7, 11) is 0. The Morgan fingerprint density at radius 2 is 1.91 bits per heavy atom. The largest absolute Gasteiger partial charge is 0.439 e. The number of ether oxygens (including phenoxy) is 1. The fourth-order valence-electron chi connectivity index (χ4n) is 2.18. The van der Waals surface area contributed by atoms with Crippen molar-refractivity contribution in [2.75, 3.05) is 13.1 Å². The Labute approximate surface area is 133 Å². The van der Waals surface area contributed by atoms with Crippen LogP contribution in [0.15, 0.2) is 59.9 Å². The van der Waals surface area contributed by atoms with Gasteiger partial charge in [-0.1, -0.05) is 28.9 Å². The average molecular weight is 316 g/mol. The first-order valence-corrected chi connectivity index (χ1v) is 7.16. The van der Waals surface area contributed by atoms with Crippen molar-refractivity contribution in [2.45, 2.75) is 0 Å². The number of hydrogen-bond donors (Lipinski definition) is 1. The molecular weight excluding hydrogens is 302 g/mol. The Hall–Kier alpha value is -2.53. The van der Waals surface area contributed by atoms with Gasteiger partial charge in [-0.15, -0.1) is 0 Å². The first kappa shape index (κ1) is 14.4. The van der Waals surface area contributed by atoms with E-state index < -0.39 is 0 Å². The van der Waals surface area contributed by atoms with Gasteiger partial charge in [-0.3, -0.25) is 0 Å². The molecule has 0 radical (unpaired) electrons. The summed E-state index contributed by atoms with van der Waals surface area (Å²) < 4.78 is 5.69. The van der Waals surface area contributed by atoms with Crippen molar-refractivity contribution in [3.63, 3.8) is 0 Å². The van der Waals surface area contributed by atoms with Crippen molar-refractivity contribution < 1.29 is 9.94 Å². The van der Waals surface area contributed by atoms with Crippen LogP contribution in [0.25, 0.3) is 0 Å². The zero-order valence-corrected chi connectivity index (χ0v) is 12.4. The molecule has 1 aromatic heterocycles. The van der Waals surface area contributed by atoms with E-state index in [1.807, 2.05) is 17.1 Å². The maximum atomic E-state index is 9.29. The van der Waals surface area contributed by atoms with Crippen LogP contribution in [-0.2, 0) is 0 Å². The third-order valence-electron chi connectivity index (χ3n) is 3.24. The summed E-state index contributed by atoms with van der Waals surface area (Å²) in [5, 5.41) is 13.3. The molecule has 2 heterocycles. The van der Waals surface area contributed by atoms with Gasteiger partial charge in [-0.2, -0.15) is 0 Å². The molecule has 5 nitrogen and oxygen atoms in total. The quantitative estimate of drug-likeness (QED) is 0.309. The summed E-state index contributed by atoms with van der Waals surface area (Å²) in [6.07, 6.45) is 5.67. The molecule has 0 unspecified atom stereocenters. The van der Waals surface area contributed by atoms with Crippen molar-refractivity contribution in [2.24, 2.45) is 5.16 Å². The molecule has 1 N–H and O–H groups in total. The highest BCUT2D eigenvalue weighted by atomic mass is 35.5. The van der Waals surface area contributed by atoms with Crippen molar-refractivity contribution in [1.82, 2.24) is 9.88 Å². The number of pyridine rings is 1. The summed E-state index contributed by atoms with van der Waals surface area (Å²) in [5.41, 5.74) is 0.741. The van der Waals surface area contributed by atoms with Crippen LogP contribution in [0.3, 0.4) is 0 Å². The molecule has 2 aromatic rings. The Bertz CT molecular complexity index is 706. The topological polar surface area (TPSA) is 58.0 Å². The molecule has 0 atom stereocenters. The van der Waals surface area contributed by atoms with Gasteiger partial charge in [0.15, 0.2) is 5.84 Å². The number of halogens is 1. The van der Waals surface area contributed by atoms with Crippen molar-refractivity contribution >= 4 is 17.4 Å². The van der Waals surface area contributed by atoms with Gasteiger partial charge in [0.05, 0.1) is 0 Å². The third kappa shape index (κ3) is 3.20. The van der Waals surface area contributed by atoms with Gasteiger partial charge in [0.25, 0.3) is 0 Å². The van der Waals surface area contributed by atoms with Crippen molar-refractivity contribution in [1.29, 1.82) is 0 Å². The lowest BCUT2D eigenvalue weighted by atomic mass is 10.2. The number of rotatable bonds is 3. The zero-order valence-electron chi connectivity index (χ0n) is 11.7. The van der Waals surface area contributed by atoms with E-state index in [4.69, 9.17) is 16.3 Å². The Morgan fingerprint density at radius 1 is 1.18 bits per heavy atom. The fourth-order valence-corrected chi connectivity index (χ4v) is 2.31. The first-order chi connectivity index (χ1) is 10.8. The molecule has 0 fully saturated rings. The molecule has 1 aliphatic rings. The third-order valence-corrected chi connectivity index (χ3v) is 3.49. The standard InChI is InChI=1S/C16H14ClN3O2/c17-13-3-5-14(6-4-13)22-15-11-12(7-8-18-15)16(19-21)20-9-1-2-10-20/h1-8,11,21H,9-10H2/b19-16-. The maximum absolute atomic E-state index is 9.29. The lowest BCUT2D eigenvalue weighted by molar-refractivity contribution is 0.308. The summed E-state index contributed by atoms with van der Waals surface area (Å²) in [4.78, 5) is 6.12. The Kier molecular flexibility index (Phi) is 4.25. The van der Waals surface area contributed by atoms with Crippen LogP contribution < -0.4 is 4.74 Å². The highest BCUT2D eigenvalue weighted by Crippen LogP contribution is 2.22. The predicted octanol–water partition coefficient (Wildman–Crippen LogP) is 3.53. The number of benzene rings is 1. The predicted molar refractivity (Wildman–Crippen MR) is 84.8 cm³/mol. The van der Waals surface area contributed by atoms with Gasteiger partial charge in [-0.25, -0.2) is 4.98 Å². The van der Waals surface area contributed by atoms with E-state index in [0.717, 1.165) is 18.7 Å². The van der Waals surface area contributed by atoms with Crippen molar-refractivity contribution in [3.05, 3.63) is 65.3 Å². The smallest absolute Gasteiger partial charge is 0.219 e. The van der Waals surface area contributed by atoms with Gasteiger partial charge in [-0.05, 0) is 30.3 Å². The normalized spacial score (nSPS) is 14.4. The van der Waals surface area contributed by atoms with Gasteiger partial charge in [0.1, 0.15) is 5.75 Å². The van der Waals surface area contributed by atoms with Crippen LogP contribution in [0.1, 0.15) is 5.56 Å². The molecule has 22 heavy (non-hydrogen) atoms. The summed E-state index contributed by atoms with van der Waals surface area (Å²) in [6.45, 7) is 1.43. The summed E-state index contributed by atoms with van der Waals surface area (Å²) in [5.74, 6) is 1.56. The molecule has 0 aliphatic carbocycles. The van der Waals surface area contributed by atoms with E-state index >= 15 is 0 Å². The van der Waals surface area contributed by atoms with Crippen LogP contribution in [-0.4, -0.2) is 34.0 Å². The minimum atomic E-state index is 0.424. The second-order valence-electron chi connectivity index (χ2n) is 4.74. The molecular formula is C16H14ClN3O2. The lowest BCUT2D eigenvalue weighted by Gasteiger charge is -2.18. The van der Waals surface area contributed by atoms with E-state index in [1.54, 1.807) is 42.6 Å². The first-order valence-electron chi connectivity index (χ1n) is 6.78. The van der Waals surface area contributed by atoms with Crippen LogP contribution in [0.2, 0.25) is 5.02 Å². The maximum Gasteiger partial charge on any atom is 0.219 e. The van der Waals surface area contributed by atoms with Gasteiger partial charge < -0.3 is 14.8 Å². The molecule has 0 amide bonds. The number of oxime groups is 1. The van der Waals surface area contributed by atoms with Crippen molar-refractivity contribution in [3.8, 4) is 11.6 Å². The summed E-state index contributed by atoms with van der Waals surface area (Å²) in [6, 6.07) is 10.5. The second kappa shape index (κ2) is 6.49.